The summed E-state index contributed by atoms with van der Waals surface area (Å²) in [5.41, 5.74) is 3.14. The summed E-state index contributed by atoms with van der Waals surface area (Å²) in [6.07, 6.45) is 11.1. The van der Waals surface area contributed by atoms with Gasteiger partial charge in [-0.15, -0.1) is 12.3 Å². The topological polar surface area (TPSA) is 0 Å². The molecular weight excluding hydrogens is 144 g/mol. The molecule has 0 N–H and O–H groups in total. The van der Waals surface area contributed by atoms with Gasteiger partial charge in [-0.2, -0.15) is 0 Å². The second-order valence-corrected chi connectivity index (χ2v) is 3.05. The van der Waals surface area contributed by atoms with Crippen molar-refractivity contribution in [3.63, 3.8) is 0 Å². The third kappa shape index (κ3) is 6.00. The van der Waals surface area contributed by atoms with Crippen molar-refractivity contribution in [3.8, 4) is 0 Å². The normalized spacial score (nSPS) is 11.5. The van der Waals surface area contributed by atoms with Gasteiger partial charge in [0, 0.05) is 0 Å². The molecule has 0 aromatic rings. The Hall–Kier alpha value is -0.740. The first-order valence-corrected chi connectivity index (χ1v) is 4.83. The van der Waals surface area contributed by atoms with Gasteiger partial charge in [0.25, 0.3) is 0 Å². The fourth-order valence-electron chi connectivity index (χ4n) is 1.18. The monoisotopic (exact) mass is 164 g/mol. The summed E-state index contributed by atoms with van der Waals surface area (Å²) in [4.78, 5) is 0. The average molecular weight is 164 g/mol. The molecule has 0 radical (unpaired) electrons. The minimum absolute atomic E-state index is 0.652. The third-order valence-electron chi connectivity index (χ3n) is 1.90. The van der Waals surface area contributed by atoms with Gasteiger partial charge in [-0.25, -0.2) is 0 Å². The van der Waals surface area contributed by atoms with Crippen LogP contribution < -0.4 is 0 Å². The van der Waals surface area contributed by atoms with Crippen molar-refractivity contribution < 1.29 is 0 Å². The molecule has 0 aliphatic carbocycles. The van der Waals surface area contributed by atoms with Crippen LogP contribution in [0.15, 0.2) is 30.5 Å². The summed E-state index contributed by atoms with van der Waals surface area (Å²) in [5.74, 6) is 0.652. The second-order valence-electron chi connectivity index (χ2n) is 3.05. The molecule has 0 amide bonds. The fraction of sp³-hybridized carbons (Fsp3) is 0.583. The Balaban J connectivity index is 3.85. The molecule has 0 aromatic carbocycles. The molecule has 0 rings (SSSR count). The molecule has 0 aliphatic heterocycles. The lowest BCUT2D eigenvalue weighted by Gasteiger charge is -2.06. The van der Waals surface area contributed by atoms with E-state index in [0.717, 1.165) is 6.42 Å². The maximum atomic E-state index is 3.76. The molecule has 12 heavy (non-hydrogen) atoms. The highest BCUT2D eigenvalue weighted by molar-refractivity contribution is 4.91. The van der Waals surface area contributed by atoms with Crippen LogP contribution in [0.1, 0.15) is 39.5 Å². The van der Waals surface area contributed by atoms with Gasteiger partial charge in [-0.05, 0) is 37.8 Å². The van der Waals surface area contributed by atoms with Crippen molar-refractivity contribution in [1.29, 1.82) is 0 Å². The van der Waals surface area contributed by atoms with E-state index < -0.39 is 0 Å². The number of hydrogen-bond donors (Lipinski definition) is 0. The Morgan fingerprint density at radius 3 is 2.75 bits per heavy atom. The predicted molar refractivity (Wildman–Crippen MR) is 56.2 cm³/mol. The summed E-state index contributed by atoms with van der Waals surface area (Å²) in [5, 5.41) is 0. The number of allylic oxidation sites excluding steroid dienone is 2. The number of rotatable bonds is 6. The van der Waals surface area contributed by atoms with Crippen LogP contribution in [-0.4, -0.2) is 0 Å². The molecule has 1 unspecified atom stereocenters. The minimum Gasteiger partial charge on any atom is -0.130 e. The van der Waals surface area contributed by atoms with Crippen molar-refractivity contribution in [2.24, 2.45) is 5.92 Å². The Bertz CT molecular complexity index is 159. The van der Waals surface area contributed by atoms with Crippen LogP contribution in [0.3, 0.4) is 0 Å². The molecule has 0 bridgehead atoms. The number of unbranched alkanes of at least 4 members (excludes halogenated alkanes) is 1. The standard InChI is InChI=1S/C12H20/c1-4-7-10-12(9-6-3)11-8-5-2/h4,6,10,12H,3,5,8-9,11H2,1-2H3. The van der Waals surface area contributed by atoms with E-state index in [1.54, 1.807) is 0 Å². The van der Waals surface area contributed by atoms with Crippen LogP contribution >= 0.6 is 0 Å². The summed E-state index contributed by atoms with van der Waals surface area (Å²) in [6, 6.07) is 0. The van der Waals surface area contributed by atoms with Crippen LogP contribution in [0.25, 0.3) is 0 Å². The highest BCUT2D eigenvalue weighted by atomic mass is 14.0. The van der Waals surface area contributed by atoms with Crippen molar-refractivity contribution in [2.45, 2.75) is 39.5 Å². The zero-order chi connectivity index (χ0) is 9.23. The molecule has 0 saturated carbocycles. The Morgan fingerprint density at radius 1 is 1.50 bits per heavy atom. The molecule has 0 aliphatic rings. The largest absolute Gasteiger partial charge is 0.130 e. The summed E-state index contributed by atoms with van der Waals surface area (Å²) in [7, 11) is 0. The van der Waals surface area contributed by atoms with E-state index in [0.29, 0.717) is 5.92 Å². The first-order valence-electron chi connectivity index (χ1n) is 4.83. The van der Waals surface area contributed by atoms with Gasteiger partial charge in [0.15, 0.2) is 0 Å². The van der Waals surface area contributed by atoms with Gasteiger partial charge >= 0.3 is 0 Å². The van der Waals surface area contributed by atoms with E-state index >= 15 is 0 Å². The highest BCUT2D eigenvalue weighted by Crippen LogP contribution is 2.13. The van der Waals surface area contributed by atoms with E-state index in [9.17, 15) is 0 Å². The molecular formula is C12H20. The van der Waals surface area contributed by atoms with E-state index in [1.165, 1.54) is 19.3 Å². The zero-order valence-corrected chi connectivity index (χ0v) is 8.34. The maximum Gasteiger partial charge on any atom is -0.0123 e. The molecule has 0 spiro atoms. The van der Waals surface area contributed by atoms with Gasteiger partial charge in [-0.1, -0.05) is 25.8 Å². The summed E-state index contributed by atoms with van der Waals surface area (Å²) >= 11 is 0. The van der Waals surface area contributed by atoms with Crippen molar-refractivity contribution in [1.82, 2.24) is 0 Å². The summed E-state index contributed by atoms with van der Waals surface area (Å²) < 4.78 is 0. The Morgan fingerprint density at radius 2 is 2.25 bits per heavy atom. The lowest BCUT2D eigenvalue weighted by Crippen LogP contribution is -1.93. The van der Waals surface area contributed by atoms with E-state index in [-0.39, 0.29) is 0 Å². The van der Waals surface area contributed by atoms with Crippen LogP contribution in [0, 0.1) is 5.92 Å². The zero-order valence-electron chi connectivity index (χ0n) is 8.34. The Labute approximate surface area is 76.7 Å². The number of hydrogen-bond acceptors (Lipinski definition) is 0. The van der Waals surface area contributed by atoms with Crippen molar-refractivity contribution in [3.05, 3.63) is 30.5 Å². The van der Waals surface area contributed by atoms with Crippen molar-refractivity contribution >= 4 is 0 Å². The molecule has 0 fully saturated rings. The van der Waals surface area contributed by atoms with Gasteiger partial charge < -0.3 is 0 Å². The SMILES string of the molecule is C=CCC(C=C=CC)CCCC. The van der Waals surface area contributed by atoms with Crippen LogP contribution in [0.4, 0.5) is 0 Å². The van der Waals surface area contributed by atoms with Crippen LogP contribution in [-0.2, 0) is 0 Å². The van der Waals surface area contributed by atoms with Gasteiger partial charge in [0.2, 0.25) is 0 Å². The van der Waals surface area contributed by atoms with Gasteiger partial charge in [0.1, 0.15) is 0 Å². The smallest absolute Gasteiger partial charge is 0.0123 e. The van der Waals surface area contributed by atoms with E-state index in [2.05, 4.69) is 25.3 Å². The predicted octanol–water partition coefficient (Wildman–Crippen LogP) is 4.10. The minimum atomic E-state index is 0.652. The molecule has 0 heterocycles. The third-order valence-corrected chi connectivity index (χ3v) is 1.90. The van der Waals surface area contributed by atoms with Crippen LogP contribution in [0.2, 0.25) is 0 Å². The van der Waals surface area contributed by atoms with E-state index in [1.807, 2.05) is 19.1 Å². The second kappa shape index (κ2) is 8.36. The first-order chi connectivity index (χ1) is 5.85. The molecule has 0 heteroatoms. The maximum absolute atomic E-state index is 3.76. The first kappa shape index (κ1) is 11.3. The highest BCUT2D eigenvalue weighted by Gasteiger charge is 2.00. The molecule has 0 nitrogen and oxygen atoms in total. The van der Waals surface area contributed by atoms with E-state index in [4.69, 9.17) is 0 Å². The summed E-state index contributed by atoms with van der Waals surface area (Å²) in [6.45, 7) is 7.99. The van der Waals surface area contributed by atoms with Gasteiger partial charge in [0.05, 0.1) is 0 Å². The molecule has 1 atom stereocenters. The quantitative estimate of drug-likeness (QED) is 0.409. The van der Waals surface area contributed by atoms with Gasteiger partial charge in [-0.3, -0.25) is 0 Å². The average Bonchev–Trinajstić information content (AvgIpc) is 2.10. The lowest BCUT2D eigenvalue weighted by molar-refractivity contribution is 0.562. The molecule has 0 saturated heterocycles. The fourth-order valence-corrected chi connectivity index (χ4v) is 1.18. The molecule has 0 aromatic heterocycles. The van der Waals surface area contributed by atoms with Crippen LogP contribution in [0.5, 0.6) is 0 Å². The molecule has 68 valence electrons. The Kier molecular flexibility index (Phi) is 7.84. The van der Waals surface area contributed by atoms with Crippen molar-refractivity contribution in [2.75, 3.05) is 0 Å². The lowest BCUT2D eigenvalue weighted by atomic mass is 9.98.